The van der Waals surface area contributed by atoms with Gasteiger partial charge < -0.3 is 15.8 Å². The maximum Gasteiger partial charge on any atom is 0.248 e. The molecule has 3 aromatic rings. The van der Waals surface area contributed by atoms with Crippen LogP contribution in [0, 0.1) is 13.8 Å². The molecule has 22 heavy (non-hydrogen) atoms. The largest absolute Gasteiger partial charge is 0.437 e. The molecule has 0 unspecified atom stereocenters. The van der Waals surface area contributed by atoms with Crippen molar-refractivity contribution < 1.29 is 4.74 Å². The molecule has 0 atom stereocenters. The van der Waals surface area contributed by atoms with E-state index in [0.29, 0.717) is 28.3 Å². The van der Waals surface area contributed by atoms with Gasteiger partial charge in [0.15, 0.2) is 10.9 Å². The summed E-state index contributed by atoms with van der Waals surface area (Å²) in [6.07, 6.45) is 3.11. The highest BCUT2D eigenvalue weighted by Crippen LogP contribution is 2.31. The number of benzene rings is 1. The number of anilines is 3. The van der Waals surface area contributed by atoms with Gasteiger partial charge in [0.1, 0.15) is 17.8 Å². The zero-order valence-electron chi connectivity index (χ0n) is 12.2. The third-order valence-electron chi connectivity index (χ3n) is 3.20. The summed E-state index contributed by atoms with van der Waals surface area (Å²) in [5, 5.41) is 5.63. The second-order valence-corrected chi connectivity index (χ2v) is 5.65. The molecule has 0 fully saturated rings. The lowest BCUT2D eigenvalue weighted by Crippen LogP contribution is -2.03. The van der Waals surface area contributed by atoms with Crippen molar-refractivity contribution in [2.75, 3.05) is 11.1 Å². The summed E-state index contributed by atoms with van der Waals surface area (Å²) < 4.78 is 5.77. The molecular formula is C15H15N5OS. The number of nitrogens with zero attached hydrogens (tertiary/aromatic N) is 3. The number of hydrogen-bond acceptors (Lipinski definition) is 7. The van der Waals surface area contributed by atoms with Crippen LogP contribution < -0.4 is 15.8 Å². The summed E-state index contributed by atoms with van der Waals surface area (Å²) in [7, 11) is 0. The lowest BCUT2D eigenvalue weighted by molar-refractivity contribution is 0.464. The van der Waals surface area contributed by atoms with Gasteiger partial charge in [-0.2, -0.15) is 4.98 Å². The number of ether oxygens (including phenoxy) is 1. The molecule has 0 aliphatic carbocycles. The van der Waals surface area contributed by atoms with E-state index in [2.05, 4.69) is 20.3 Å². The first kappa shape index (κ1) is 14.3. The third kappa shape index (κ3) is 2.99. The Labute approximate surface area is 132 Å². The standard InChI is InChI=1S/C15H15N5OS/c1-9-3-4-11(7-10(9)2)21-14-12(16)13(18-8-19-14)20-15-17-5-6-22-15/h3-8H,16H2,1-2H3,(H,17,18,19,20). The minimum Gasteiger partial charge on any atom is -0.437 e. The van der Waals surface area contributed by atoms with Crippen LogP contribution in [-0.2, 0) is 0 Å². The molecule has 3 rings (SSSR count). The SMILES string of the molecule is Cc1ccc(Oc2ncnc(Nc3nccs3)c2N)cc1C. The van der Waals surface area contributed by atoms with Crippen LogP contribution >= 0.6 is 11.3 Å². The van der Waals surface area contributed by atoms with E-state index in [-0.39, 0.29) is 0 Å². The Hall–Kier alpha value is -2.67. The Balaban J connectivity index is 1.86. The quantitative estimate of drug-likeness (QED) is 0.764. The number of hydrogen-bond donors (Lipinski definition) is 2. The molecular weight excluding hydrogens is 298 g/mol. The molecule has 6 nitrogen and oxygen atoms in total. The van der Waals surface area contributed by atoms with Gasteiger partial charge in [-0.05, 0) is 37.1 Å². The lowest BCUT2D eigenvalue weighted by atomic mass is 10.1. The van der Waals surface area contributed by atoms with Gasteiger partial charge in [-0.15, -0.1) is 11.3 Å². The fourth-order valence-corrected chi connectivity index (χ4v) is 2.36. The molecule has 0 radical (unpaired) electrons. The van der Waals surface area contributed by atoms with Crippen molar-refractivity contribution in [2.45, 2.75) is 13.8 Å². The molecule has 0 spiro atoms. The van der Waals surface area contributed by atoms with E-state index >= 15 is 0 Å². The highest BCUT2D eigenvalue weighted by atomic mass is 32.1. The molecule has 3 N–H and O–H groups in total. The molecule has 0 saturated carbocycles. The van der Waals surface area contributed by atoms with Crippen molar-refractivity contribution in [3.05, 3.63) is 47.2 Å². The molecule has 2 aromatic heterocycles. The van der Waals surface area contributed by atoms with Gasteiger partial charge >= 0.3 is 0 Å². The predicted octanol–water partition coefficient (Wildman–Crippen LogP) is 3.67. The average molecular weight is 313 g/mol. The van der Waals surface area contributed by atoms with Gasteiger partial charge in [0.25, 0.3) is 0 Å². The normalized spacial score (nSPS) is 10.5. The summed E-state index contributed by atoms with van der Waals surface area (Å²) in [6, 6.07) is 5.83. The van der Waals surface area contributed by atoms with E-state index in [1.807, 2.05) is 37.4 Å². The van der Waals surface area contributed by atoms with Crippen molar-refractivity contribution in [2.24, 2.45) is 0 Å². The van der Waals surface area contributed by atoms with Crippen LogP contribution in [-0.4, -0.2) is 15.0 Å². The van der Waals surface area contributed by atoms with Gasteiger partial charge in [-0.1, -0.05) is 6.07 Å². The Kier molecular flexibility index (Phi) is 3.88. The van der Waals surface area contributed by atoms with Crippen LogP contribution in [0.2, 0.25) is 0 Å². The second kappa shape index (κ2) is 5.98. The Morgan fingerprint density at radius 1 is 1.14 bits per heavy atom. The number of nitrogens with two attached hydrogens (primary N) is 1. The zero-order valence-corrected chi connectivity index (χ0v) is 13.0. The lowest BCUT2D eigenvalue weighted by Gasteiger charge is -2.11. The van der Waals surface area contributed by atoms with Crippen molar-refractivity contribution in [3.8, 4) is 11.6 Å². The van der Waals surface area contributed by atoms with Crippen molar-refractivity contribution >= 4 is 28.0 Å². The van der Waals surface area contributed by atoms with Crippen LogP contribution in [0.4, 0.5) is 16.6 Å². The van der Waals surface area contributed by atoms with Crippen LogP contribution in [0.3, 0.4) is 0 Å². The van der Waals surface area contributed by atoms with E-state index in [1.54, 1.807) is 6.20 Å². The number of nitrogens with one attached hydrogen (secondary N) is 1. The average Bonchev–Trinajstić information content (AvgIpc) is 3.00. The maximum absolute atomic E-state index is 6.08. The van der Waals surface area contributed by atoms with Crippen LogP contribution in [0.25, 0.3) is 0 Å². The second-order valence-electron chi connectivity index (χ2n) is 4.75. The van der Waals surface area contributed by atoms with Gasteiger partial charge in [0.2, 0.25) is 5.88 Å². The fraction of sp³-hybridized carbons (Fsp3) is 0.133. The highest BCUT2D eigenvalue weighted by Gasteiger charge is 2.11. The Morgan fingerprint density at radius 2 is 2.00 bits per heavy atom. The summed E-state index contributed by atoms with van der Waals surface area (Å²) in [6.45, 7) is 4.08. The monoisotopic (exact) mass is 313 g/mol. The fourth-order valence-electron chi connectivity index (χ4n) is 1.84. The number of aromatic nitrogens is 3. The minimum absolute atomic E-state index is 0.317. The molecule has 2 heterocycles. The van der Waals surface area contributed by atoms with E-state index in [9.17, 15) is 0 Å². The van der Waals surface area contributed by atoms with Crippen molar-refractivity contribution in [3.63, 3.8) is 0 Å². The minimum atomic E-state index is 0.317. The molecule has 0 saturated heterocycles. The molecule has 0 amide bonds. The summed E-state index contributed by atoms with van der Waals surface area (Å²) >= 11 is 1.46. The van der Waals surface area contributed by atoms with E-state index in [0.717, 1.165) is 5.56 Å². The van der Waals surface area contributed by atoms with Crippen LogP contribution in [0.1, 0.15) is 11.1 Å². The molecule has 112 valence electrons. The van der Waals surface area contributed by atoms with Crippen molar-refractivity contribution in [1.29, 1.82) is 0 Å². The summed E-state index contributed by atoms with van der Waals surface area (Å²) in [4.78, 5) is 12.4. The molecule has 0 aliphatic rings. The smallest absolute Gasteiger partial charge is 0.248 e. The Bertz CT molecular complexity index is 789. The van der Waals surface area contributed by atoms with Gasteiger partial charge in [0.05, 0.1) is 0 Å². The number of aryl methyl sites for hydroxylation is 2. The first-order valence-electron chi connectivity index (χ1n) is 6.65. The number of nitrogen functional groups attached to an aromatic ring is 1. The number of rotatable bonds is 4. The van der Waals surface area contributed by atoms with Gasteiger partial charge in [-0.25, -0.2) is 9.97 Å². The van der Waals surface area contributed by atoms with Crippen molar-refractivity contribution in [1.82, 2.24) is 15.0 Å². The van der Waals surface area contributed by atoms with Crippen LogP contribution in [0.5, 0.6) is 11.6 Å². The summed E-state index contributed by atoms with van der Waals surface area (Å²) in [5.41, 5.74) is 8.77. The third-order valence-corrected chi connectivity index (χ3v) is 3.89. The molecule has 7 heteroatoms. The van der Waals surface area contributed by atoms with E-state index < -0.39 is 0 Å². The van der Waals surface area contributed by atoms with Crippen LogP contribution in [0.15, 0.2) is 36.1 Å². The molecule has 0 aliphatic heterocycles. The van der Waals surface area contributed by atoms with Gasteiger partial charge in [0, 0.05) is 11.6 Å². The summed E-state index contributed by atoms with van der Waals surface area (Å²) in [5.74, 6) is 1.48. The molecule has 0 bridgehead atoms. The first-order valence-corrected chi connectivity index (χ1v) is 7.53. The predicted molar refractivity (Wildman–Crippen MR) is 87.8 cm³/mol. The highest BCUT2D eigenvalue weighted by molar-refractivity contribution is 7.13. The van der Waals surface area contributed by atoms with E-state index in [1.165, 1.54) is 23.2 Å². The first-order chi connectivity index (χ1) is 10.6. The maximum atomic E-state index is 6.08. The molecule has 1 aromatic carbocycles. The zero-order chi connectivity index (χ0) is 15.5. The number of thiazole rings is 1. The van der Waals surface area contributed by atoms with Gasteiger partial charge in [-0.3, -0.25) is 0 Å². The van der Waals surface area contributed by atoms with E-state index in [4.69, 9.17) is 10.5 Å². The Morgan fingerprint density at radius 3 is 2.73 bits per heavy atom. The topological polar surface area (TPSA) is 86.0 Å².